The first kappa shape index (κ1) is 26.7. The summed E-state index contributed by atoms with van der Waals surface area (Å²) in [4.78, 5) is 41.1. The molecule has 7 nitrogen and oxygen atoms in total. The highest BCUT2D eigenvalue weighted by Gasteiger charge is 2.47. The molecule has 0 saturated heterocycles. The van der Waals surface area contributed by atoms with Crippen LogP contribution in [0.15, 0.2) is 18.2 Å². The molecule has 2 N–H and O–H groups in total. The van der Waals surface area contributed by atoms with E-state index < -0.39 is 23.8 Å². The first-order valence-corrected chi connectivity index (χ1v) is 12.0. The van der Waals surface area contributed by atoms with E-state index in [4.69, 9.17) is 4.74 Å². The smallest absolute Gasteiger partial charge is 0.408 e. The first-order valence-electron chi connectivity index (χ1n) is 12.0. The third-order valence-corrected chi connectivity index (χ3v) is 5.86. The van der Waals surface area contributed by atoms with Gasteiger partial charge in [0.05, 0.1) is 0 Å². The van der Waals surface area contributed by atoms with E-state index in [1.165, 1.54) is 0 Å². The molecule has 3 amide bonds. The Morgan fingerprint density at radius 3 is 2.36 bits per heavy atom. The second-order valence-electron chi connectivity index (χ2n) is 10.3. The van der Waals surface area contributed by atoms with E-state index in [1.54, 1.807) is 32.6 Å². The maximum Gasteiger partial charge on any atom is 0.408 e. The van der Waals surface area contributed by atoms with Crippen LogP contribution in [0.4, 0.5) is 4.79 Å². The lowest BCUT2D eigenvalue weighted by Gasteiger charge is -2.35. The maximum atomic E-state index is 13.7. The van der Waals surface area contributed by atoms with Crippen LogP contribution in [0, 0.1) is 19.8 Å². The third kappa shape index (κ3) is 7.47. The molecular weight excluding hydrogens is 418 g/mol. The summed E-state index contributed by atoms with van der Waals surface area (Å²) in [6.45, 7) is 15.6. The van der Waals surface area contributed by atoms with Crippen molar-refractivity contribution in [2.75, 3.05) is 6.54 Å². The van der Waals surface area contributed by atoms with Gasteiger partial charge >= 0.3 is 6.09 Å². The molecule has 1 aromatic rings. The van der Waals surface area contributed by atoms with Crippen LogP contribution in [0.3, 0.4) is 0 Å². The summed E-state index contributed by atoms with van der Waals surface area (Å²) in [5, 5.41) is 5.67. The van der Waals surface area contributed by atoms with E-state index in [0.29, 0.717) is 12.5 Å². The second kappa shape index (κ2) is 11.0. The lowest BCUT2D eigenvalue weighted by atomic mass is 9.96. The largest absolute Gasteiger partial charge is 0.444 e. The number of hydrogen-bond donors (Lipinski definition) is 2. The van der Waals surface area contributed by atoms with Gasteiger partial charge in [0.1, 0.15) is 17.7 Å². The van der Waals surface area contributed by atoms with Gasteiger partial charge < -0.3 is 20.3 Å². The van der Waals surface area contributed by atoms with E-state index in [-0.39, 0.29) is 17.9 Å². The van der Waals surface area contributed by atoms with E-state index in [1.807, 2.05) is 32.0 Å². The minimum Gasteiger partial charge on any atom is -0.444 e. The minimum absolute atomic E-state index is 0.0528. The summed E-state index contributed by atoms with van der Waals surface area (Å²) in [5.74, 6) is -0.183. The predicted octanol–water partition coefficient (Wildman–Crippen LogP) is 4.41. The molecule has 0 spiro atoms. The number of unbranched alkanes of at least 4 members (excludes halogenated alkanes) is 1. The van der Waals surface area contributed by atoms with Crippen LogP contribution >= 0.6 is 0 Å². The van der Waals surface area contributed by atoms with Gasteiger partial charge in [-0.05, 0) is 71.4 Å². The van der Waals surface area contributed by atoms with Crippen molar-refractivity contribution in [1.29, 1.82) is 0 Å². The SMILES string of the molecule is CCCCNC(=O)C(c1ccc(C)cc1C)N(C(=O)C(C)NC(=O)OC(C)(C)C)C1CC1C. The Morgan fingerprint density at radius 2 is 1.85 bits per heavy atom. The number of carbonyl (C=O) groups excluding carboxylic acids is 3. The van der Waals surface area contributed by atoms with Crippen LogP contribution in [-0.4, -0.2) is 47.0 Å². The molecule has 1 aliphatic carbocycles. The molecule has 0 radical (unpaired) electrons. The van der Waals surface area contributed by atoms with Gasteiger partial charge in [0.25, 0.3) is 0 Å². The van der Waals surface area contributed by atoms with Crippen molar-refractivity contribution in [2.24, 2.45) is 5.92 Å². The fourth-order valence-electron chi connectivity index (χ4n) is 3.98. The quantitative estimate of drug-likeness (QED) is 0.536. The average molecular weight is 460 g/mol. The summed E-state index contributed by atoms with van der Waals surface area (Å²) in [6.07, 6.45) is 2.01. The molecule has 7 heteroatoms. The van der Waals surface area contributed by atoms with Crippen molar-refractivity contribution in [2.45, 2.75) is 98.4 Å². The van der Waals surface area contributed by atoms with Crippen LogP contribution < -0.4 is 10.6 Å². The monoisotopic (exact) mass is 459 g/mol. The molecule has 2 rings (SSSR count). The van der Waals surface area contributed by atoms with Crippen LogP contribution in [0.25, 0.3) is 0 Å². The minimum atomic E-state index is -0.829. The molecule has 1 fully saturated rings. The van der Waals surface area contributed by atoms with Gasteiger partial charge in [0.15, 0.2) is 0 Å². The molecule has 1 aromatic carbocycles. The molecule has 4 atom stereocenters. The fraction of sp³-hybridized carbons (Fsp3) is 0.654. The molecule has 1 aliphatic rings. The van der Waals surface area contributed by atoms with Gasteiger partial charge in [-0.1, -0.05) is 44.0 Å². The third-order valence-electron chi connectivity index (χ3n) is 5.86. The number of benzene rings is 1. The fourth-order valence-corrected chi connectivity index (χ4v) is 3.98. The highest BCUT2D eigenvalue weighted by Crippen LogP contribution is 2.41. The first-order chi connectivity index (χ1) is 15.4. The highest BCUT2D eigenvalue weighted by atomic mass is 16.6. The van der Waals surface area contributed by atoms with E-state index >= 15 is 0 Å². The van der Waals surface area contributed by atoms with E-state index in [2.05, 4.69) is 24.5 Å². The number of aryl methyl sites for hydroxylation is 2. The summed E-state index contributed by atoms with van der Waals surface area (Å²) in [6, 6.07) is 4.30. The van der Waals surface area contributed by atoms with Crippen LogP contribution in [0.2, 0.25) is 0 Å². The van der Waals surface area contributed by atoms with Crippen LogP contribution in [0.5, 0.6) is 0 Å². The van der Waals surface area contributed by atoms with E-state index in [9.17, 15) is 14.4 Å². The zero-order valence-electron chi connectivity index (χ0n) is 21.5. The van der Waals surface area contributed by atoms with Gasteiger partial charge in [-0.3, -0.25) is 9.59 Å². The Bertz CT molecular complexity index is 862. The number of alkyl carbamates (subject to hydrolysis) is 1. The number of carbonyl (C=O) groups is 3. The lowest BCUT2D eigenvalue weighted by molar-refractivity contribution is -0.143. The molecule has 1 saturated carbocycles. The summed E-state index contributed by atoms with van der Waals surface area (Å²) in [5.41, 5.74) is 2.20. The van der Waals surface area contributed by atoms with Gasteiger partial charge in [-0.25, -0.2) is 4.79 Å². The van der Waals surface area contributed by atoms with Crippen molar-refractivity contribution in [3.8, 4) is 0 Å². The zero-order chi connectivity index (χ0) is 24.9. The number of nitrogens with one attached hydrogen (secondary N) is 2. The second-order valence-corrected chi connectivity index (χ2v) is 10.3. The lowest BCUT2D eigenvalue weighted by Crippen LogP contribution is -2.53. The van der Waals surface area contributed by atoms with Crippen LogP contribution in [-0.2, 0) is 14.3 Å². The summed E-state index contributed by atoms with van der Waals surface area (Å²) < 4.78 is 5.33. The van der Waals surface area contributed by atoms with E-state index in [0.717, 1.165) is 36.0 Å². The Balaban J connectivity index is 2.38. The molecule has 33 heavy (non-hydrogen) atoms. The van der Waals surface area contributed by atoms with Gasteiger partial charge in [0.2, 0.25) is 11.8 Å². The number of nitrogens with zero attached hydrogens (tertiary/aromatic N) is 1. The van der Waals surface area contributed by atoms with Crippen molar-refractivity contribution in [3.05, 3.63) is 34.9 Å². The Hall–Kier alpha value is -2.57. The molecule has 4 unspecified atom stereocenters. The molecule has 0 bridgehead atoms. The van der Waals surface area contributed by atoms with Crippen molar-refractivity contribution >= 4 is 17.9 Å². The topological polar surface area (TPSA) is 87.7 Å². The summed E-state index contributed by atoms with van der Waals surface area (Å²) >= 11 is 0. The Labute approximate surface area is 198 Å². The molecule has 0 aliphatic heterocycles. The van der Waals surface area contributed by atoms with Crippen molar-refractivity contribution in [3.63, 3.8) is 0 Å². The Kier molecular flexibility index (Phi) is 8.92. The molecule has 0 aromatic heterocycles. The zero-order valence-corrected chi connectivity index (χ0v) is 21.5. The molecule has 0 heterocycles. The predicted molar refractivity (Wildman–Crippen MR) is 130 cm³/mol. The highest BCUT2D eigenvalue weighted by molar-refractivity contribution is 5.92. The van der Waals surface area contributed by atoms with Crippen LogP contribution in [0.1, 0.15) is 83.5 Å². The number of ether oxygens (including phenoxy) is 1. The van der Waals surface area contributed by atoms with Gasteiger partial charge in [-0.2, -0.15) is 0 Å². The Morgan fingerprint density at radius 1 is 1.21 bits per heavy atom. The standard InChI is InChI=1S/C26H41N3O4/c1-9-10-13-27-23(30)22(20-12-11-16(2)14-17(20)3)29(21-15-18(21)4)24(31)19(5)28-25(32)33-26(6,7)8/h11-12,14,18-19,21-22H,9-10,13,15H2,1-8H3,(H,27,30)(H,28,32). The number of rotatable bonds is 9. The van der Waals surface area contributed by atoms with Gasteiger partial charge in [-0.15, -0.1) is 0 Å². The van der Waals surface area contributed by atoms with Crippen molar-refractivity contribution in [1.82, 2.24) is 15.5 Å². The normalized spacial score (nSPS) is 19.3. The number of amides is 3. The average Bonchev–Trinajstić information content (AvgIpc) is 3.40. The molecular formula is C26H41N3O4. The van der Waals surface area contributed by atoms with Crippen molar-refractivity contribution < 1.29 is 19.1 Å². The molecule has 184 valence electrons. The van der Waals surface area contributed by atoms with Gasteiger partial charge in [0, 0.05) is 12.6 Å². The maximum absolute atomic E-state index is 13.7. The summed E-state index contributed by atoms with van der Waals surface area (Å²) in [7, 11) is 0. The number of hydrogen-bond acceptors (Lipinski definition) is 4.